The summed E-state index contributed by atoms with van der Waals surface area (Å²) in [6, 6.07) is 0.750. The molecule has 2 saturated heterocycles. The van der Waals surface area contributed by atoms with Gasteiger partial charge in [0.25, 0.3) is 0 Å². The van der Waals surface area contributed by atoms with Crippen LogP contribution in [0, 0.1) is 0 Å². The summed E-state index contributed by atoms with van der Waals surface area (Å²) in [4.78, 5) is 2.64. The van der Waals surface area contributed by atoms with E-state index in [0.29, 0.717) is 6.10 Å². The zero-order chi connectivity index (χ0) is 10.5. The van der Waals surface area contributed by atoms with E-state index in [9.17, 15) is 0 Å². The van der Waals surface area contributed by atoms with Crippen LogP contribution >= 0.6 is 0 Å². The molecule has 2 rings (SSSR count). The summed E-state index contributed by atoms with van der Waals surface area (Å²) < 4.78 is 5.67. The molecule has 0 amide bonds. The smallest absolute Gasteiger partial charge is 0.0588 e. The number of hydrogen-bond donors (Lipinski definition) is 1. The maximum atomic E-state index is 5.67. The lowest BCUT2D eigenvalue weighted by Gasteiger charge is -2.36. The lowest BCUT2D eigenvalue weighted by molar-refractivity contribution is 0.0778. The summed E-state index contributed by atoms with van der Waals surface area (Å²) >= 11 is 0. The van der Waals surface area contributed by atoms with Gasteiger partial charge < -0.3 is 10.1 Å². The monoisotopic (exact) mass is 212 g/mol. The van der Waals surface area contributed by atoms with E-state index in [-0.39, 0.29) is 0 Å². The van der Waals surface area contributed by atoms with Gasteiger partial charge in [-0.25, -0.2) is 0 Å². The molecule has 0 bridgehead atoms. The third kappa shape index (κ3) is 3.16. The van der Waals surface area contributed by atoms with Crippen LogP contribution < -0.4 is 5.32 Å². The third-order valence-corrected chi connectivity index (χ3v) is 3.71. The first-order valence-electron chi connectivity index (χ1n) is 6.46. The average Bonchev–Trinajstić information content (AvgIpc) is 2.79. The molecule has 0 spiro atoms. The van der Waals surface area contributed by atoms with Gasteiger partial charge in [0.15, 0.2) is 0 Å². The van der Waals surface area contributed by atoms with Crippen molar-refractivity contribution in [2.45, 2.75) is 44.8 Å². The Morgan fingerprint density at radius 1 is 1.47 bits per heavy atom. The first kappa shape index (κ1) is 11.4. The molecule has 2 aliphatic heterocycles. The highest BCUT2D eigenvalue weighted by atomic mass is 16.5. The van der Waals surface area contributed by atoms with E-state index < -0.39 is 0 Å². The van der Waals surface area contributed by atoms with Crippen LogP contribution in [0.2, 0.25) is 0 Å². The highest BCUT2D eigenvalue weighted by Gasteiger charge is 2.22. The second-order valence-corrected chi connectivity index (χ2v) is 4.73. The Kier molecular flexibility index (Phi) is 4.42. The van der Waals surface area contributed by atoms with Crippen molar-refractivity contribution < 1.29 is 4.74 Å². The molecule has 2 fully saturated rings. The number of nitrogens with zero attached hydrogens (tertiary/aromatic N) is 1. The molecular weight excluding hydrogens is 188 g/mol. The fourth-order valence-electron chi connectivity index (χ4n) is 2.68. The predicted octanol–water partition coefficient (Wildman–Crippen LogP) is 1.24. The molecule has 0 aliphatic carbocycles. The van der Waals surface area contributed by atoms with E-state index in [4.69, 9.17) is 4.74 Å². The molecule has 2 atom stereocenters. The summed E-state index contributed by atoms with van der Waals surface area (Å²) in [6.07, 6.45) is 5.60. The first-order chi connectivity index (χ1) is 7.40. The number of piperazine rings is 1. The van der Waals surface area contributed by atoms with Gasteiger partial charge in [-0.1, -0.05) is 6.92 Å². The topological polar surface area (TPSA) is 24.5 Å². The Balaban J connectivity index is 1.71. The standard InChI is InChI=1S/C12H24N2O/c1-2-11-10-13-6-8-14(11)7-5-12-4-3-9-15-12/h11-13H,2-10H2,1H3. The Bertz CT molecular complexity index is 180. The fraction of sp³-hybridized carbons (Fsp3) is 1.00. The van der Waals surface area contributed by atoms with Gasteiger partial charge in [-0.15, -0.1) is 0 Å². The molecular formula is C12H24N2O. The van der Waals surface area contributed by atoms with Gasteiger partial charge in [-0.05, 0) is 25.7 Å². The van der Waals surface area contributed by atoms with Crippen LogP contribution in [0.1, 0.15) is 32.6 Å². The Morgan fingerprint density at radius 3 is 3.13 bits per heavy atom. The average molecular weight is 212 g/mol. The van der Waals surface area contributed by atoms with Crippen molar-refractivity contribution >= 4 is 0 Å². The predicted molar refractivity (Wildman–Crippen MR) is 62.1 cm³/mol. The second-order valence-electron chi connectivity index (χ2n) is 4.73. The lowest BCUT2D eigenvalue weighted by atomic mass is 10.1. The first-order valence-corrected chi connectivity index (χ1v) is 6.46. The van der Waals surface area contributed by atoms with Crippen LogP contribution in [0.3, 0.4) is 0 Å². The Morgan fingerprint density at radius 2 is 2.40 bits per heavy atom. The van der Waals surface area contributed by atoms with Crippen molar-refractivity contribution in [1.29, 1.82) is 0 Å². The van der Waals surface area contributed by atoms with Gasteiger partial charge in [0.1, 0.15) is 0 Å². The minimum absolute atomic E-state index is 0.553. The van der Waals surface area contributed by atoms with E-state index in [0.717, 1.165) is 19.2 Å². The number of nitrogens with one attached hydrogen (secondary N) is 1. The van der Waals surface area contributed by atoms with Crippen LogP contribution in [-0.4, -0.2) is 49.8 Å². The summed E-state index contributed by atoms with van der Waals surface area (Å²) in [5, 5.41) is 3.47. The minimum atomic E-state index is 0.553. The molecule has 88 valence electrons. The van der Waals surface area contributed by atoms with Gasteiger partial charge in [0, 0.05) is 38.8 Å². The van der Waals surface area contributed by atoms with Crippen LogP contribution in [0.25, 0.3) is 0 Å². The van der Waals surface area contributed by atoms with Crippen LogP contribution in [-0.2, 0) is 4.74 Å². The second kappa shape index (κ2) is 5.83. The van der Waals surface area contributed by atoms with E-state index in [1.165, 1.54) is 45.3 Å². The van der Waals surface area contributed by atoms with Crippen molar-refractivity contribution in [2.24, 2.45) is 0 Å². The van der Waals surface area contributed by atoms with Gasteiger partial charge in [0.2, 0.25) is 0 Å². The van der Waals surface area contributed by atoms with Crippen molar-refractivity contribution in [2.75, 3.05) is 32.8 Å². The summed E-state index contributed by atoms with van der Waals surface area (Å²) in [5.74, 6) is 0. The van der Waals surface area contributed by atoms with Crippen molar-refractivity contribution in [3.8, 4) is 0 Å². The molecule has 0 aromatic carbocycles. The molecule has 0 saturated carbocycles. The van der Waals surface area contributed by atoms with E-state index in [1.54, 1.807) is 0 Å². The maximum absolute atomic E-state index is 5.67. The third-order valence-electron chi connectivity index (χ3n) is 3.71. The van der Waals surface area contributed by atoms with E-state index in [2.05, 4.69) is 17.1 Å². The maximum Gasteiger partial charge on any atom is 0.0588 e. The summed E-state index contributed by atoms with van der Waals surface area (Å²) in [6.45, 7) is 8.04. The molecule has 0 aromatic heterocycles. The van der Waals surface area contributed by atoms with Gasteiger partial charge in [-0.3, -0.25) is 4.90 Å². The zero-order valence-corrected chi connectivity index (χ0v) is 9.87. The van der Waals surface area contributed by atoms with Crippen molar-refractivity contribution in [1.82, 2.24) is 10.2 Å². The lowest BCUT2D eigenvalue weighted by Crippen LogP contribution is -2.51. The van der Waals surface area contributed by atoms with Crippen molar-refractivity contribution in [3.63, 3.8) is 0 Å². The van der Waals surface area contributed by atoms with Crippen LogP contribution in [0.4, 0.5) is 0 Å². The van der Waals surface area contributed by atoms with E-state index in [1.807, 2.05) is 0 Å². The highest BCUT2D eigenvalue weighted by molar-refractivity contribution is 4.79. The number of rotatable bonds is 4. The molecule has 1 N–H and O–H groups in total. The van der Waals surface area contributed by atoms with Crippen LogP contribution in [0.15, 0.2) is 0 Å². The molecule has 2 unspecified atom stereocenters. The zero-order valence-electron chi connectivity index (χ0n) is 9.87. The van der Waals surface area contributed by atoms with Crippen LogP contribution in [0.5, 0.6) is 0 Å². The normalized spacial score (nSPS) is 33.4. The molecule has 2 heterocycles. The molecule has 3 nitrogen and oxygen atoms in total. The minimum Gasteiger partial charge on any atom is -0.378 e. The Hall–Kier alpha value is -0.120. The fourth-order valence-corrected chi connectivity index (χ4v) is 2.68. The van der Waals surface area contributed by atoms with E-state index >= 15 is 0 Å². The number of hydrogen-bond acceptors (Lipinski definition) is 3. The highest BCUT2D eigenvalue weighted by Crippen LogP contribution is 2.17. The molecule has 0 aromatic rings. The largest absolute Gasteiger partial charge is 0.378 e. The van der Waals surface area contributed by atoms with Gasteiger partial charge in [-0.2, -0.15) is 0 Å². The van der Waals surface area contributed by atoms with Gasteiger partial charge >= 0.3 is 0 Å². The van der Waals surface area contributed by atoms with Gasteiger partial charge in [0.05, 0.1) is 6.10 Å². The Labute approximate surface area is 93.2 Å². The number of ether oxygens (including phenoxy) is 1. The quantitative estimate of drug-likeness (QED) is 0.759. The van der Waals surface area contributed by atoms with Crippen molar-refractivity contribution in [3.05, 3.63) is 0 Å². The summed E-state index contributed by atoms with van der Waals surface area (Å²) in [7, 11) is 0. The molecule has 2 aliphatic rings. The summed E-state index contributed by atoms with van der Waals surface area (Å²) in [5.41, 5.74) is 0. The SMILES string of the molecule is CCC1CNCCN1CCC1CCCO1. The molecule has 0 radical (unpaired) electrons. The molecule has 3 heteroatoms. The molecule has 15 heavy (non-hydrogen) atoms.